The summed E-state index contributed by atoms with van der Waals surface area (Å²) in [6.07, 6.45) is 4.41. The van der Waals surface area contributed by atoms with Crippen molar-refractivity contribution in [3.8, 4) is 0 Å². The molecule has 5 rings (SSSR count). The molecule has 0 fully saturated rings. The lowest BCUT2D eigenvalue weighted by Crippen LogP contribution is -2.09. The Morgan fingerprint density at radius 2 is 1.64 bits per heavy atom. The number of hydrogen-bond acceptors (Lipinski definition) is 5. The molecule has 3 heterocycles. The van der Waals surface area contributed by atoms with Gasteiger partial charge < -0.3 is 26.8 Å². The molecule has 7 heteroatoms. The second-order valence-corrected chi connectivity index (χ2v) is 6.77. The predicted molar refractivity (Wildman–Crippen MR) is 114 cm³/mol. The van der Waals surface area contributed by atoms with E-state index in [1.165, 1.54) is 0 Å². The molecule has 7 N–H and O–H groups in total. The third kappa shape index (κ3) is 2.88. The van der Waals surface area contributed by atoms with E-state index in [1.807, 2.05) is 42.7 Å². The summed E-state index contributed by atoms with van der Waals surface area (Å²) >= 11 is 0. The highest BCUT2D eigenvalue weighted by molar-refractivity contribution is 5.83. The Morgan fingerprint density at radius 3 is 2.54 bits per heavy atom. The van der Waals surface area contributed by atoms with Gasteiger partial charge in [0.05, 0.1) is 11.4 Å². The SMILES string of the molecule is Nc1nc(Nc2ccc3cc[nH]c3c2)nc(Cc2ccc3[nH]ccc3c2)c1N. The number of rotatable bonds is 4. The molecule has 0 saturated heterocycles. The Kier molecular flexibility index (Phi) is 3.65. The molecule has 0 bridgehead atoms. The number of nitrogens with one attached hydrogen (secondary N) is 3. The summed E-state index contributed by atoms with van der Waals surface area (Å²) in [5.74, 6) is 0.700. The molecule has 0 amide bonds. The first-order valence-electron chi connectivity index (χ1n) is 8.98. The van der Waals surface area contributed by atoms with Crippen molar-refractivity contribution < 1.29 is 0 Å². The van der Waals surface area contributed by atoms with E-state index in [-0.39, 0.29) is 5.82 Å². The molecular weight excluding hydrogens is 350 g/mol. The van der Waals surface area contributed by atoms with E-state index < -0.39 is 0 Å². The number of anilines is 4. The first-order valence-corrected chi connectivity index (χ1v) is 8.98. The van der Waals surface area contributed by atoms with Gasteiger partial charge in [0, 0.05) is 35.5 Å². The molecule has 0 unspecified atom stereocenters. The van der Waals surface area contributed by atoms with E-state index >= 15 is 0 Å². The third-order valence-corrected chi connectivity index (χ3v) is 4.85. The van der Waals surface area contributed by atoms with Crippen LogP contribution in [0.2, 0.25) is 0 Å². The number of nitrogen functional groups attached to an aromatic ring is 2. The summed E-state index contributed by atoms with van der Waals surface area (Å²) in [6.45, 7) is 0. The molecule has 0 radical (unpaired) electrons. The molecule has 0 atom stereocenters. The zero-order valence-electron chi connectivity index (χ0n) is 15.0. The van der Waals surface area contributed by atoms with E-state index in [2.05, 4.69) is 43.5 Å². The van der Waals surface area contributed by atoms with Crippen LogP contribution >= 0.6 is 0 Å². The van der Waals surface area contributed by atoms with E-state index in [0.29, 0.717) is 23.8 Å². The van der Waals surface area contributed by atoms with E-state index in [1.54, 1.807) is 0 Å². The van der Waals surface area contributed by atoms with Gasteiger partial charge in [-0.2, -0.15) is 4.98 Å². The summed E-state index contributed by atoms with van der Waals surface area (Å²) in [7, 11) is 0. The molecule has 138 valence electrons. The van der Waals surface area contributed by atoms with Crippen LogP contribution in [0.5, 0.6) is 0 Å². The molecule has 7 nitrogen and oxygen atoms in total. The first kappa shape index (κ1) is 16.2. The lowest BCUT2D eigenvalue weighted by molar-refractivity contribution is 1.05. The number of nitrogens with two attached hydrogens (primary N) is 2. The van der Waals surface area contributed by atoms with Crippen LogP contribution in [0.25, 0.3) is 21.8 Å². The average Bonchev–Trinajstić information content (AvgIpc) is 3.34. The van der Waals surface area contributed by atoms with Gasteiger partial charge in [0.15, 0.2) is 5.82 Å². The first-order chi connectivity index (χ1) is 13.7. The molecule has 0 aliphatic rings. The number of nitrogens with zero attached hydrogens (tertiary/aromatic N) is 2. The minimum Gasteiger partial charge on any atom is -0.394 e. The summed E-state index contributed by atoms with van der Waals surface area (Å²) in [6, 6.07) is 16.3. The van der Waals surface area contributed by atoms with Gasteiger partial charge in [0.1, 0.15) is 0 Å². The molecule has 3 aromatic heterocycles. The van der Waals surface area contributed by atoms with Crippen LogP contribution in [0.1, 0.15) is 11.3 Å². The van der Waals surface area contributed by atoms with Crippen molar-refractivity contribution in [1.29, 1.82) is 0 Å². The van der Waals surface area contributed by atoms with Gasteiger partial charge in [-0.3, -0.25) is 0 Å². The number of hydrogen-bond donors (Lipinski definition) is 5. The number of H-pyrrole nitrogens is 2. The van der Waals surface area contributed by atoms with Gasteiger partial charge >= 0.3 is 0 Å². The van der Waals surface area contributed by atoms with Crippen LogP contribution in [0.3, 0.4) is 0 Å². The second kappa shape index (κ2) is 6.31. The van der Waals surface area contributed by atoms with Crippen LogP contribution in [-0.4, -0.2) is 19.9 Å². The van der Waals surface area contributed by atoms with E-state index in [9.17, 15) is 0 Å². The Hall–Kier alpha value is -4.00. The lowest BCUT2D eigenvalue weighted by Gasteiger charge is -2.11. The fourth-order valence-electron chi connectivity index (χ4n) is 3.39. The van der Waals surface area contributed by atoms with Crippen LogP contribution in [0, 0.1) is 0 Å². The maximum absolute atomic E-state index is 6.16. The normalized spacial score (nSPS) is 11.3. The average molecular weight is 369 g/mol. The second-order valence-electron chi connectivity index (χ2n) is 6.77. The molecular formula is C21H19N7. The Morgan fingerprint density at radius 1 is 0.821 bits per heavy atom. The molecule has 0 saturated carbocycles. The van der Waals surface area contributed by atoms with Crippen molar-refractivity contribution in [2.45, 2.75) is 6.42 Å². The maximum atomic E-state index is 6.16. The van der Waals surface area contributed by atoms with E-state index in [4.69, 9.17) is 11.5 Å². The zero-order valence-corrected chi connectivity index (χ0v) is 15.0. The van der Waals surface area contributed by atoms with Crippen LogP contribution in [-0.2, 0) is 6.42 Å². The summed E-state index contributed by atoms with van der Waals surface area (Å²) in [4.78, 5) is 15.3. The smallest absolute Gasteiger partial charge is 0.229 e. The van der Waals surface area contributed by atoms with Crippen molar-refractivity contribution in [3.63, 3.8) is 0 Å². The number of aromatic nitrogens is 4. The van der Waals surface area contributed by atoms with Crippen LogP contribution in [0.15, 0.2) is 60.9 Å². The van der Waals surface area contributed by atoms with Gasteiger partial charge in [0.25, 0.3) is 0 Å². The summed E-state index contributed by atoms with van der Waals surface area (Å²) < 4.78 is 0. The molecule has 5 aromatic rings. The Bertz CT molecular complexity index is 1300. The van der Waals surface area contributed by atoms with Gasteiger partial charge in [-0.1, -0.05) is 12.1 Å². The number of benzene rings is 2. The van der Waals surface area contributed by atoms with Crippen LogP contribution in [0.4, 0.5) is 23.1 Å². The van der Waals surface area contributed by atoms with Crippen molar-refractivity contribution in [1.82, 2.24) is 19.9 Å². The maximum Gasteiger partial charge on any atom is 0.229 e. The fraction of sp³-hybridized carbons (Fsp3) is 0.0476. The highest BCUT2D eigenvalue weighted by Gasteiger charge is 2.11. The minimum atomic E-state index is 0.274. The van der Waals surface area contributed by atoms with Crippen molar-refractivity contribution in [3.05, 3.63) is 72.2 Å². The summed E-state index contributed by atoms with van der Waals surface area (Å²) in [5, 5.41) is 5.51. The minimum absolute atomic E-state index is 0.274. The zero-order chi connectivity index (χ0) is 19.1. The standard InChI is InChI=1S/C21H19N7/c22-19-18(10-12-1-4-16-14(9-12)6-8-24-16)27-21(28-20(19)23)26-15-3-2-13-5-7-25-17(13)11-15/h1-9,11,24-25H,10,22H2,(H3,23,26,27,28). The van der Waals surface area contributed by atoms with Gasteiger partial charge in [0.2, 0.25) is 5.95 Å². The van der Waals surface area contributed by atoms with Gasteiger partial charge in [-0.15, -0.1) is 0 Å². The van der Waals surface area contributed by atoms with Crippen molar-refractivity contribution in [2.75, 3.05) is 16.8 Å². The van der Waals surface area contributed by atoms with Crippen molar-refractivity contribution in [2.24, 2.45) is 0 Å². The number of aromatic amines is 2. The molecule has 2 aromatic carbocycles. The molecule has 0 aliphatic heterocycles. The monoisotopic (exact) mass is 369 g/mol. The van der Waals surface area contributed by atoms with Crippen LogP contribution < -0.4 is 16.8 Å². The summed E-state index contributed by atoms with van der Waals surface area (Å²) in [5.41, 5.74) is 17.4. The van der Waals surface area contributed by atoms with Gasteiger partial charge in [-0.25, -0.2) is 4.98 Å². The molecule has 28 heavy (non-hydrogen) atoms. The topological polar surface area (TPSA) is 121 Å². The van der Waals surface area contributed by atoms with E-state index in [0.717, 1.165) is 33.1 Å². The fourth-order valence-corrected chi connectivity index (χ4v) is 3.39. The molecule has 0 spiro atoms. The lowest BCUT2D eigenvalue weighted by atomic mass is 10.1. The Balaban J connectivity index is 1.47. The predicted octanol–water partition coefficient (Wildman–Crippen LogP) is 3.94. The quantitative estimate of drug-likeness (QED) is 0.328. The van der Waals surface area contributed by atoms with Crippen molar-refractivity contribution >= 4 is 44.9 Å². The van der Waals surface area contributed by atoms with Gasteiger partial charge in [-0.05, 0) is 52.7 Å². The Labute approximate surface area is 160 Å². The largest absolute Gasteiger partial charge is 0.394 e. The third-order valence-electron chi connectivity index (χ3n) is 4.85. The highest BCUT2D eigenvalue weighted by atomic mass is 15.1. The number of fused-ring (bicyclic) bond motifs is 2. The highest BCUT2D eigenvalue weighted by Crippen LogP contribution is 2.25. The molecule has 0 aliphatic carbocycles.